The van der Waals surface area contributed by atoms with E-state index in [0.29, 0.717) is 5.92 Å². The van der Waals surface area contributed by atoms with Gasteiger partial charge in [-0.05, 0) is 63.9 Å². The van der Waals surface area contributed by atoms with Crippen LogP contribution >= 0.6 is 0 Å². The smallest absolute Gasteiger partial charge is 0.288 e. The van der Waals surface area contributed by atoms with E-state index in [9.17, 15) is 0 Å². The van der Waals surface area contributed by atoms with Gasteiger partial charge >= 0.3 is 0 Å². The highest BCUT2D eigenvalue weighted by molar-refractivity contribution is 7.07. The molecular weight excluding hydrogens is 488 g/mol. The van der Waals surface area contributed by atoms with E-state index in [-0.39, 0.29) is 6.10 Å². The molecule has 0 bridgehead atoms. The van der Waals surface area contributed by atoms with Crippen LogP contribution in [-0.4, -0.2) is 8.32 Å². The van der Waals surface area contributed by atoms with E-state index < -0.39 is 8.32 Å². The molecule has 0 amide bonds. The SMILES string of the molecule is CC(CCC(O[Si](c1ccccc1)(c1ccccc1)c1ccccc1)c1cccc2c1C=CC2)C1=CC=CC1. The van der Waals surface area contributed by atoms with Gasteiger partial charge in [-0.2, -0.15) is 0 Å². The van der Waals surface area contributed by atoms with Crippen molar-refractivity contribution in [2.45, 2.75) is 38.7 Å². The number of hydrogen-bond donors (Lipinski definition) is 0. The molecule has 2 heteroatoms. The van der Waals surface area contributed by atoms with Gasteiger partial charge in [0.25, 0.3) is 8.32 Å². The molecular formula is C37H36OSi. The summed E-state index contributed by atoms with van der Waals surface area (Å²) in [5.74, 6) is 0.527. The molecule has 1 nitrogen and oxygen atoms in total. The topological polar surface area (TPSA) is 9.23 Å². The van der Waals surface area contributed by atoms with Gasteiger partial charge in [0.2, 0.25) is 0 Å². The van der Waals surface area contributed by atoms with Crippen LogP contribution in [0.2, 0.25) is 0 Å². The Bertz CT molecular complexity index is 1390. The zero-order valence-electron chi connectivity index (χ0n) is 22.7. The molecule has 2 aliphatic rings. The van der Waals surface area contributed by atoms with Crippen LogP contribution in [0, 0.1) is 5.92 Å². The lowest BCUT2D eigenvalue weighted by molar-refractivity contribution is 0.187. The van der Waals surface area contributed by atoms with Crippen LogP contribution in [0.1, 0.15) is 49.0 Å². The number of allylic oxidation sites excluding steroid dienone is 5. The monoisotopic (exact) mass is 524 g/mol. The van der Waals surface area contributed by atoms with Gasteiger partial charge in [0.05, 0.1) is 6.10 Å². The minimum Gasteiger partial charge on any atom is -0.397 e. The van der Waals surface area contributed by atoms with Crippen LogP contribution < -0.4 is 15.6 Å². The number of benzene rings is 4. The molecule has 194 valence electrons. The minimum atomic E-state index is -2.86. The van der Waals surface area contributed by atoms with E-state index in [4.69, 9.17) is 4.43 Å². The third-order valence-electron chi connectivity index (χ3n) is 8.35. The van der Waals surface area contributed by atoms with Gasteiger partial charge in [0.1, 0.15) is 0 Å². The Kier molecular flexibility index (Phi) is 7.58. The van der Waals surface area contributed by atoms with Crippen LogP contribution in [0.25, 0.3) is 6.08 Å². The summed E-state index contributed by atoms with van der Waals surface area (Å²) < 4.78 is 7.79. The molecule has 0 N–H and O–H groups in total. The van der Waals surface area contributed by atoms with Crippen LogP contribution in [0.5, 0.6) is 0 Å². The Morgan fingerprint density at radius 1 is 0.667 bits per heavy atom. The molecule has 0 spiro atoms. The largest absolute Gasteiger partial charge is 0.397 e. The van der Waals surface area contributed by atoms with E-state index in [0.717, 1.165) is 25.7 Å². The second-order valence-corrected chi connectivity index (χ2v) is 14.1. The molecule has 39 heavy (non-hydrogen) atoms. The van der Waals surface area contributed by atoms with Crippen molar-refractivity contribution in [1.29, 1.82) is 0 Å². The van der Waals surface area contributed by atoms with Gasteiger partial charge in [-0.3, -0.25) is 0 Å². The Morgan fingerprint density at radius 2 is 1.28 bits per heavy atom. The maximum Gasteiger partial charge on any atom is 0.288 e. The first kappa shape index (κ1) is 25.5. The maximum absolute atomic E-state index is 7.79. The van der Waals surface area contributed by atoms with E-state index in [1.165, 1.54) is 37.8 Å². The molecule has 2 unspecified atom stereocenters. The van der Waals surface area contributed by atoms with Crippen molar-refractivity contribution in [1.82, 2.24) is 0 Å². The highest BCUT2D eigenvalue weighted by atomic mass is 28.4. The van der Waals surface area contributed by atoms with Crippen molar-refractivity contribution >= 4 is 30.0 Å². The molecule has 0 saturated heterocycles. The zero-order valence-corrected chi connectivity index (χ0v) is 23.7. The second-order valence-electron chi connectivity index (χ2n) is 10.8. The van der Waals surface area contributed by atoms with Crippen molar-refractivity contribution in [3.8, 4) is 0 Å². The highest BCUT2D eigenvalue weighted by Crippen LogP contribution is 2.36. The zero-order chi connectivity index (χ0) is 26.5. The van der Waals surface area contributed by atoms with Crippen molar-refractivity contribution in [2.24, 2.45) is 5.92 Å². The average Bonchev–Trinajstić information content (AvgIpc) is 3.72. The van der Waals surface area contributed by atoms with Crippen LogP contribution in [0.4, 0.5) is 0 Å². The Labute approximate surface area is 234 Å². The van der Waals surface area contributed by atoms with Crippen molar-refractivity contribution in [3.63, 3.8) is 0 Å². The summed E-state index contributed by atoms with van der Waals surface area (Å²) in [6.07, 6.45) is 15.5. The predicted octanol–water partition coefficient (Wildman–Crippen LogP) is 7.28. The lowest BCUT2D eigenvalue weighted by Gasteiger charge is -2.38. The lowest BCUT2D eigenvalue weighted by Crippen LogP contribution is -2.69. The highest BCUT2D eigenvalue weighted by Gasteiger charge is 2.44. The van der Waals surface area contributed by atoms with E-state index in [2.05, 4.69) is 146 Å². The Balaban J connectivity index is 1.50. The van der Waals surface area contributed by atoms with E-state index in [1.54, 1.807) is 0 Å². The Morgan fingerprint density at radius 3 is 1.85 bits per heavy atom. The van der Waals surface area contributed by atoms with Crippen molar-refractivity contribution < 1.29 is 4.43 Å². The average molecular weight is 525 g/mol. The lowest BCUT2D eigenvalue weighted by atomic mass is 9.90. The van der Waals surface area contributed by atoms with Gasteiger partial charge in [-0.1, -0.05) is 152 Å². The number of rotatable bonds is 10. The minimum absolute atomic E-state index is 0.0209. The molecule has 2 aliphatic carbocycles. The van der Waals surface area contributed by atoms with Crippen molar-refractivity contribution in [2.75, 3.05) is 0 Å². The molecule has 6 rings (SSSR count). The predicted molar refractivity (Wildman–Crippen MR) is 167 cm³/mol. The standard InChI is InChI=1S/C37H36OSi/c1-29(30-15-11-12-16-30)27-28-37(36-26-14-18-31-17-13-25-35(31)36)38-39(32-19-5-2-6-20-32,33-21-7-3-8-22-33)34-23-9-4-10-24-34/h2-15,18-26,29,37H,16-17,27-28H2,1H3. The van der Waals surface area contributed by atoms with Gasteiger partial charge in [-0.15, -0.1) is 0 Å². The van der Waals surface area contributed by atoms with Gasteiger partial charge in [0.15, 0.2) is 0 Å². The van der Waals surface area contributed by atoms with Gasteiger partial charge in [0, 0.05) is 0 Å². The number of hydrogen-bond acceptors (Lipinski definition) is 1. The van der Waals surface area contributed by atoms with E-state index in [1.807, 2.05) is 0 Å². The first-order valence-electron chi connectivity index (χ1n) is 14.2. The van der Waals surface area contributed by atoms with Crippen LogP contribution in [0.15, 0.2) is 139 Å². The van der Waals surface area contributed by atoms with Crippen LogP contribution in [0.3, 0.4) is 0 Å². The fourth-order valence-electron chi connectivity index (χ4n) is 6.23. The first-order valence-corrected chi connectivity index (χ1v) is 16.1. The van der Waals surface area contributed by atoms with Crippen molar-refractivity contribution in [3.05, 3.63) is 156 Å². The maximum atomic E-state index is 7.79. The fourth-order valence-corrected chi connectivity index (χ4v) is 10.3. The normalized spacial score (nSPS) is 15.7. The van der Waals surface area contributed by atoms with Gasteiger partial charge in [-0.25, -0.2) is 0 Å². The summed E-state index contributed by atoms with van der Waals surface area (Å²) in [4.78, 5) is 0. The fraction of sp³-hybridized carbons (Fsp3) is 0.189. The van der Waals surface area contributed by atoms with Gasteiger partial charge < -0.3 is 4.43 Å². The third kappa shape index (κ3) is 5.15. The summed E-state index contributed by atoms with van der Waals surface area (Å²) >= 11 is 0. The molecule has 0 heterocycles. The third-order valence-corrected chi connectivity index (χ3v) is 12.4. The molecule has 0 aromatic heterocycles. The molecule has 0 aliphatic heterocycles. The summed E-state index contributed by atoms with van der Waals surface area (Å²) in [6, 6.07) is 39.7. The summed E-state index contributed by atoms with van der Waals surface area (Å²) in [5.41, 5.74) is 5.62. The van der Waals surface area contributed by atoms with E-state index >= 15 is 0 Å². The summed E-state index contributed by atoms with van der Waals surface area (Å²) in [6.45, 7) is 2.38. The summed E-state index contributed by atoms with van der Waals surface area (Å²) in [5, 5.41) is 3.85. The molecule has 0 saturated carbocycles. The molecule has 2 atom stereocenters. The molecule has 4 aromatic carbocycles. The Hall–Kier alpha value is -3.72. The molecule has 0 radical (unpaired) electrons. The quantitative estimate of drug-likeness (QED) is 0.156. The first-order chi connectivity index (χ1) is 19.3. The van der Waals surface area contributed by atoms with Crippen LogP contribution in [-0.2, 0) is 10.8 Å². The number of fused-ring (bicyclic) bond motifs is 1. The molecule has 4 aromatic rings. The molecule has 0 fully saturated rings. The summed E-state index contributed by atoms with van der Waals surface area (Å²) in [7, 11) is -2.86. The second kappa shape index (κ2) is 11.6.